The summed E-state index contributed by atoms with van der Waals surface area (Å²) in [5, 5.41) is 3.26. The molecule has 0 aliphatic carbocycles. The first-order valence-corrected chi connectivity index (χ1v) is 9.58. The van der Waals surface area contributed by atoms with E-state index in [1.807, 2.05) is 24.3 Å². The number of imide groups is 1. The van der Waals surface area contributed by atoms with Crippen molar-refractivity contribution in [3.05, 3.63) is 53.3 Å². The lowest BCUT2D eigenvalue weighted by molar-refractivity contribution is -0.126. The third-order valence-electron chi connectivity index (χ3n) is 4.45. The minimum absolute atomic E-state index is 0.339. The highest BCUT2D eigenvalue weighted by atomic mass is 32.2. The highest BCUT2D eigenvalue weighted by Crippen LogP contribution is 2.27. The van der Waals surface area contributed by atoms with Gasteiger partial charge < -0.3 is 10.1 Å². The second-order valence-electron chi connectivity index (χ2n) is 6.25. The Bertz CT molecular complexity index is 743. The van der Waals surface area contributed by atoms with Gasteiger partial charge in [-0.25, -0.2) is 10.9 Å². The lowest BCUT2D eigenvalue weighted by atomic mass is 10.1. The number of nitrogens with two attached hydrogens (primary N) is 1. The van der Waals surface area contributed by atoms with Gasteiger partial charge in [-0.3, -0.25) is 9.59 Å². The Hall–Kier alpha value is -2.25. The first kappa shape index (κ1) is 18.5. The van der Waals surface area contributed by atoms with Gasteiger partial charge in [-0.1, -0.05) is 30.7 Å². The van der Waals surface area contributed by atoms with Crippen LogP contribution in [0.3, 0.4) is 0 Å². The van der Waals surface area contributed by atoms with Crippen molar-refractivity contribution in [3.8, 4) is 5.75 Å². The maximum atomic E-state index is 11.8. The molecule has 3 rings (SSSR count). The number of hydrazine groups is 1. The highest BCUT2D eigenvalue weighted by molar-refractivity contribution is 8.15. The summed E-state index contributed by atoms with van der Waals surface area (Å²) in [6.07, 6.45) is 6.67. The molecule has 0 spiro atoms. The summed E-state index contributed by atoms with van der Waals surface area (Å²) in [6.45, 7) is 3.67. The fourth-order valence-electron chi connectivity index (χ4n) is 2.80. The Balaban J connectivity index is 1.46. The smallest absolute Gasteiger partial charge is 0.303 e. The first-order valence-electron chi connectivity index (χ1n) is 8.70. The number of dihydropyridines is 1. The number of carbonyl (C=O) groups excluding carboxylic acids is 2. The molecule has 1 fully saturated rings. The average Bonchev–Trinajstić information content (AvgIpc) is 2.90. The Morgan fingerprint density at radius 2 is 2.04 bits per heavy atom. The molecule has 2 amide bonds. The van der Waals surface area contributed by atoms with Crippen LogP contribution in [0.15, 0.2) is 47.7 Å². The summed E-state index contributed by atoms with van der Waals surface area (Å²) in [5.74, 6) is 5.85. The molecule has 1 saturated heterocycles. The van der Waals surface area contributed by atoms with Crippen LogP contribution < -0.4 is 15.9 Å². The number of hydrogen-bond donors (Lipinski definition) is 2. The summed E-state index contributed by atoms with van der Waals surface area (Å²) in [6, 6.07) is 7.61. The Labute approximate surface area is 157 Å². The van der Waals surface area contributed by atoms with Crippen molar-refractivity contribution in [2.24, 2.45) is 5.84 Å². The van der Waals surface area contributed by atoms with E-state index in [-0.39, 0.29) is 5.91 Å². The number of carbonyl (C=O) groups is 2. The van der Waals surface area contributed by atoms with Crippen LogP contribution in [-0.2, 0) is 11.2 Å². The largest absolute Gasteiger partial charge is 0.493 e. The van der Waals surface area contributed by atoms with E-state index in [9.17, 15) is 9.59 Å². The molecule has 1 atom stereocenters. The van der Waals surface area contributed by atoms with E-state index in [0.717, 1.165) is 42.5 Å². The molecule has 0 radical (unpaired) electrons. The molecule has 7 heteroatoms. The molecule has 26 heavy (non-hydrogen) atoms. The van der Waals surface area contributed by atoms with Crippen molar-refractivity contribution in [2.45, 2.75) is 31.4 Å². The summed E-state index contributed by atoms with van der Waals surface area (Å²) >= 11 is 0.976. The maximum Gasteiger partial charge on any atom is 0.303 e. The van der Waals surface area contributed by atoms with E-state index >= 15 is 0 Å². The van der Waals surface area contributed by atoms with Crippen LogP contribution in [0.5, 0.6) is 5.75 Å². The minimum atomic E-state index is -0.440. The van der Waals surface area contributed by atoms with Gasteiger partial charge in [0, 0.05) is 18.7 Å². The van der Waals surface area contributed by atoms with E-state index in [4.69, 9.17) is 10.6 Å². The summed E-state index contributed by atoms with van der Waals surface area (Å²) < 4.78 is 5.79. The van der Waals surface area contributed by atoms with Crippen molar-refractivity contribution >= 4 is 22.9 Å². The number of amides is 2. The van der Waals surface area contributed by atoms with E-state index in [1.165, 1.54) is 11.3 Å². The highest BCUT2D eigenvalue weighted by Gasteiger charge is 2.37. The molecule has 1 aromatic carbocycles. The molecule has 1 unspecified atom stereocenters. The van der Waals surface area contributed by atoms with Crippen LogP contribution in [0.2, 0.25) is 0 Å². The van der Waals surface area contributed by atoms with Gasteiger partial charge in [0.1, 0.15) is 5.75 Å². The molecule has 2 aliphatic rings. The van der Waals surface area contributed by atoms with Gasteiger partial charge in [0.05, 0.1) is 11.9 Å². The fourth-order valence-corrected chi connectivity index (χ4v) is 3.73. The molecular formula is C19H23N3O3S. The standard InChI is InChI=1S/C19H23N3O3S/c1-2-13-3-6-15(21-12-13)9-10-25-16-7-4-14(5-8-16)11-17-18(23)22(20)19(24)26-17/h3-8,17,21H,2,9-12,20H2,1H3. The topological polar surface area (TPSA) is 84.7 Å². The Morgan fingerprint density at radius 3 is 2.62 bits per heavy atom. The van der Waals surface area contributed by atoms with Crippen LogP contribution >= 0.6 is 11.8 Å². The zero-order chi connectivity index (χ0) is 18.5. The predicted octanol–water partition coefficient (Wildman–Crippen LogP) is 2.76. The second-order valence-corrected chi connectivity index (χ2v) is 7.41. The van der Waals surface area contributed by atoms with Gasteiger partial charge in [-0.15, -0.1) is 0 Å². The number of ether oxygens (including phenoxy) is 1. The molecule has 3 N–H and O–H groups in total. The lowest BCUT2D eigenvalue weighted by Crippen LogP contribution is -2.37. The third-order valence-corrected chi connectivity index (χ3v) is 5.51. The Morgan fingerprint density at radius 1 is 1.27 bits per heavy atom. The monoisotopic (exact) mass is 373 g/mol. The quantitative estimate of drug-likeness (QED) is 0.565. The second kappa shape index (κ2) is 8.42. The van der Waals surface area contributed by atoms with Gasteiger partial charge in [-0.05, 0) is 48.4 Å². The van der Waals surface area contributed by atoms with Gasteiger partial charge in [0.25, 0.3) is 5.91 Å². The zero-order valence-electron chi connectivity index (χ0n) is 14.7. The number of hydrogen-bond acceptors (Lipinski definition) is 6. The van der Waals surface area contributed by atoms with Crippen LogP contribution in [0.1, 0.15) is 25.3 Å². The van der Waals surface area contributed by atoms with Crippen molar-refractivity contribution in [3.63, 3.8) is 0 Å². The van der Waals surface area contributed by atoms with Crippen LogP contribution in [0.25, 0.3) is 0 Å². The van der Waals surface area contributed by atoms with Crippen LogP contribution in [0.4, 0.5) is 4.79 Å². The van der Waals surface area contributed by atoms with Gasteiger partial charge >= 0.3 is 5.24 Å². The molecule has 1 aromatic rings. The van der Waals surface area contributed by atoms with Crippen molar-refractivity contribution in [2.75, 3.05) is 13.2 Å². The first-order chi connectivity index (χ1) is 12.6. The predicted molar refractivity (Wildman–Crippen MR) is 103 cm³/mol. The molecule has 2 heterocycles. The summed E-state index contributed by atoms with van der Waals surface area (Å²) in [5.41, 5.74) is 3.57. The lowest BCUT2D eigenvalue weighted by Gasteiger charge is -2.16. The van der Waals surface area contributed by atoms with E-state index < -0.39 is 10.5 Å². The SMILES string of the molecule is CCC1=CC=C(CCOc2ccc(CC3SC(=O)N(N)C3=O)cc2)NC1. The number of rotatable bonds is 7. The molecular weight excluding hydrogens is 350 g/mol. The van der Waals surface area contributed by atoms with Gasteiger partial charge in [0.2, 0.25) is 0 Å². The van der Waals surface area contributed by atoms with Crippen LogP contribution in [0, 0.1) is 0 Å². The van der Waals surface area contributed by atoms with E-state index in [2.05, 4.69) is 24.4 Å². The molecule has 2 aliphatic heterocycles. The van der Waals surface area contributed by atoms with Crippen molar-refractivity contribution in [1.82, 2.24) is 10.3 Å². The van der Waals surface area contributed by atoms with Crippen molar-refractivity contribution < 1.29 is 14.3 Å². The van der Waals surface area contributed by atoms with Crippen LogP contribution in [-0.4, -0.2) is 34.6 Å². The average molecular weight is 373 g/mol. The fraction of sp³-hybridized carbons (Fsp3) is 0.368. The number of allylic oxidation sites excluding steroid dienone is 2. The maximum absolute atomic E-state index is 11.8. The Kier molecular flexibility index (Phi) is 6.00. The van der Waals surface area contributed by atoms with Crippen molar-refractivity contribution in [1.29, 1.82) is 0 Å². The normalized spacial score (nSPS) is 19.9. The molecule has 138 valence electrons. The number of nitrogens with zero attached hydrogens (tertiary/aromatic N) is 1. The van der Waals surface area contributed by atoms with Gasteiger partial charge in [-0.2, -0.15) is 0 Å². The molecule has 0 bridgehead atoms. The number of benzene rings is 1. The molecule has 0 saturated carbocycles. The summed E-state index contributed by atoms with van der Waals surface area (Å²) in [4.78, 5) is 23.3. The number of thioether (sulfide) groups is 1. The third kappa shape index (κ3) is 4.47. The molecule has 0 aromatic heterocycles. The molecule has 6 nitrogen and oxygen atoms in total. The van der Waals surface area contributed by atoms with E-state index in [1.54, 1.807) is 0 Å². The van der Waals surface area contributed by atoms with Gasteiger partial charge in [0.15, 0.2) is 0 Å². The minimum Gasteiger partial charge on any atom is -0.493 e. The zero-order valence-corrected chi connectivity index (χ0v) is 15.6. The summed E-state index contributed by atoms with van der Waals surface area (Å²) in [7, 11) is 0. The number of nitrogens with one attached hydrogen (secondary N) is 1. The van der Waals surface area contributed by atoms with E-state index in [0.29, 0.717) is 18.0 Å².